The molecule has 0 atom stereocenters. The zero-order valence-corrected chi connectivity index (χ0v) is 8.22. The summed E-state index contributed by atoms with van der Waals surface area (Å²) in [5, 5.41) is 8.57. The van der Waals surface area contributed by atoms with Crippen molar-refractivity contribution >= 4 is 6.29 Å². The average molecular weight is 196 g/mol. The molecule has 0 aliphatic carbocycles. The number of aryl methyl sites for hydroxylation is 1. The smallest absolute Gasteiger partial charge is 0.185 e. The SMILES string of the molecule is O=Cc1nccn1CCCCCCO. The Morgan fingerprint density at radius 3 is 2.86 bits per heavy atom. The molecule has 0 unspecified atom stereocenters. The third kappa shape index (κ3) is 3.30. The normalized spacial score (nSPS) is 10.4. The lowest BCUT2D eigenvalue weighted by molar-refractivity contribution is 0.111. The summed E-state index contributed by atoms with van der Waals surface area (Å²) in [7, 11) is 0. The largest absolute Gasteiger partial charge is 0.396 e. The lowest BCUT2D eigenvalue weighted by Gasteiger charge is -2.03. The van der Waals surface area contributed by atoms with E-state index in [9.17, 15) is 4.79 Å². The molecule has 0 radical (unpaired) electrons. The molecule has 0 aliphatic heterocycles. The minimum Gasteiger partial charge on any atom is -0.396 e. The highest BCUT2D eigenvalue weighted by atomic mass is 16.2. The van der Waals surface area contributed by atoms with Gasteiger partial charge in [-0.25, -0.2) is 4.98 Å². The van der Waals surface area contributed by atoms with Gasteiger partial charge in [0.25, 0.3) is 0 Å². The number of aromatic nitrogens is 2. The monoisotopic (exact) mass is 196 g/mol. The number of hydrogen-bond donors (Lipinski definition) is 1. The van der Waals surface area contributed by atoms with E-state index in [4.69, 9.17) is 5.11 Å². The van der Waals surface area contributed by atoms with Gasteiger partial charge in [0.05, 0.1) is 0 Å². The summed E-state index contributed by atoms with van der Waals surface area (Å²) in [5.41, 5.74) is 0. The molecule has 0 fully saturated rings. The molecule has 0 saturated heterocycles. The zero-order chi connectivity index (χ0) is 10.2. The molecule has 1 heterocycles. The minimum absolute atomic E-state index is 0.269. The first-order valence-corrected chi connectivity index (χ1v) is 4.95. The van der Waals surface area contributed by atoms with Crippen molar-refractivity contribution in [2.45, 2.75) is 32.2 Å². The summed E-state index contributed by atoms with van der Waals surface area (Å²) in [5.74, 6) is 0.493. The van der Waals surface area contributed by atoms with Gasteiger partial charge in [0, 0.05) is 25.5 Å². The highest BCUT2D eigenvalue weighted by molar-refractivity contribution is 5.69. The molecular weight excluding hydrogens is 180 g/mol. The van der Waals surface area contributed by atoms with Crippen molar-refractivity contribution in [1.82, 2.24) is 9.55 Å². The number of aliphatic hydroxyl groups excluding tert-OH is 1. The van der Waals surface area contributed by atoms with Gasteiger partial charge in [-0.3, -0.25) is 4.79 Å². The molecule has 14 heavy (non-hydrogen) atoms. The van der Waals surface area contributed by atoms with Crippen molar-refractivity contribution in [3.05, 3.63) is 18.2 Å². The van der Waals surface area contributed by atoms with Gasteiger partial charge in [0.1, 0.15) is 0 Å². The summed E-state index contributed by atoms with van der Waals surface area (Å²) >= 11 is 0. The Labute approximate surface area is 83.6 Å². The average Bonchev–Trinajstić information content (AvgIpc) is 2.65. The second-order valence-electron chi connectivity index (χ2n) is 3.23. The van der Waals surface area contributed by atoms with Gasteiger partial charge in [-0.2, -0.15) is 0 Å². The summed E-state index contributed by atoms with van der Waals surface area (Å²) in [6.45, 7) is 1.10. The highest BCUT2D eigenvalue weighted by Gasteiger charge is 1.99. The number of carbonyl (C=O) groups excluding carboxylic acids is 1. The lowest BCUT2D eigenvalue weighted by atomic mass is 10.2. The summed E-state index contributed by atoms with van der Waals surface area (Å²) < 4.78 is 1.85. The number of imidazole rings is 1. The van der Waals surface area contributed by atoms with Crippen LogP contribution in [-0.2, 0) is 6.54 Å². The van der Waals surface area contributed by atoms with Gasteiger partial charge in [0.15, 0.2) is 12.1 Å². The van der Waals surface area contributed by atoms with Gasteiger partial charge < -0.3 is 9.67 Å². The Hall–Kier alpha value is -1.16. The molecule has 0 amide bonds. The van der Waals surface area contributed by atoms with E-state index in [0.29, 0.717) is 5.82 Å². The Balaban J connectivity index is 2.21. The standard InChI is InChI=1S/C10H16N2O2/c13-8-4-2-1-3-6-12-7-5-11-10(12)9-14/h5,7,9,13H,1-4,6,8H2. The molecule has 4 heteroatoms. The number of nitrogens with zero attached hydrogens (tertiary/aromatic N) is 2. The van der Waals surface area contributed by atoms with Crippen LogP contribution in [0.3, 0.4) is 0 Å². The first-order chi connectivity index (χ1) is 6.88. The van der Waals surface area contributed by atoms with Crippen molar-refractivity contribution in [2.75, 3.05) is 6.61 Å². The molecule has 1 N–H and O–H groups in total. The number of aldehydes is 1. The van der Waals surface area contributed by atoms with E-state index in [1.807, 2.05) is 10.8 Å². The van der Waals surface area contributed by atoms with Crippen LogP contribution in [0.2, 0.25) is 0 Å². The topological polar surface area (TPSA) is 55.1 Å². The first kappa shape index (κ1) is 10.9. The quantitative estimate of drug-likeness (QED) is 0.527. The van der Waals surface area contributed by atoms with Gasteiger partial charge >= 0.3 is 0 Å². The van der Waals surface area contributed by atoms with E-state index in [0.717, 1.165) is 38.5 Å². The molecule has 1 aromatic rings. The van der Waals surface area contributed by atoms with Crippen LogP contribution in [0.4, 0.5) is 0 Å². The van der Waals surface area contributed by atoms with E-state index in [2.05, 4.69) is 4.98 Å². The summed E-state index contributed by atoms with van der Waals surface area (Å²) in [6, 6.07) is 0. The molecule has 0 aromatic carbocycles. The van der Waals surface area contributed by atoms with Crippen molar-refractivity contribution < 1.29 is 9.90 Å². The molecule has 4 nitrogen and oxygen atoms in total. The van der Waals surface area contributed by atoms with Crippen LogP contribution in [0.5, 0.6) is 0 Å². The third-order valence-electron chi connectivity index (χ3n) is 2.16. The number of rotatable bonds is 7. The molecule has 78 valence electrons. The number of carbonyl (C=O) groups is 1. The Bertz CT molecular complexity index is 271. The van der Waals surface area contributed by atoms with Gasteiger partial charge in [0.2, 0.25) is 0 Å². The van der Waals surface area contributed by atoms with Crippen molar-refractivity contribution in [3.63, 3.8) is 0 Å². The van der Waals surface area contributed by atoms with Gasteiger partial charge in [-0.1, -0.05) is 12.8 Å². The van der Waals surface area contributed by atoms with E-state index in [1.165, 1.54) is 0 Å². The first-order valence-electron chi connectivity index (χ1n) is 4.95. The van der Waals surface area contributed by atoms with E-state index in [1.54, 1.807) is 6.20 Å². The molecule has 1 aromatic heterocycles. The molecule has 0 aliphatic rings. The number of aliphatic hydroxyl groups is 1. The second-order valence-corrected chi connectivity index (χ2v) is 3.23. The lowest BCUT2D eigenvalue weighted by Crippen LogP contribution is -2.02. The van der Waals surface area contributed by atoms with Gasteiger partial charge in [-0.05, 0) is 12.8 Å². The molecular formula is C10H16N2O2. The fraction of sp³-hybridized carbons (Fsp3) is 0.600. The predicted molar refractivity (Wildman–Crippen MR) is 53.2 cm³/mol. The number of unbranched alkanes of at least 4 members (excludes halogenated alkanes) is 3. The molecule has 0 spiro atoms. The maximum Gasteiger partial charge on any atom is 0.185 e. The Morgan fingerprint density at radius 1 is 1.36 bits per heavy atom. The van der Waals surface area contributed by atoms with Crippen LogP contribution >= 0.6 is 0 Å². The Morgan fingerprint density at radius 2 is 2.14 bits per heavy atom. The predicted octanol–water partition coefficient (Wildman–Crippen LogP) is 1.25. The van der Waals surface area contributed by atoms with E-state index >= 15 is 0 Å². The molecule has 1 rings (SSSR count). The maximum atomic E-state index is 10.5. The van der Waals surface area contributed by atoms with E-state index in [-0.39, 0.29) is 6.61 Å². The van der Waals surface area contributed by atoms with Crippen molar-refractivity contribution in [2.24, 2.45) is 0 Å². The van der Waals surface area contributed by atoms with Crippen LogP contribution in [0, 0.1) is 0 Å². The molecule has 0 saturated carbocycles. The Kier molecular flexibility index (Phi) is 4.93. The van der Waals surface area contributed by atoms with Crippen molar-refractivity contribution in [1.29, 1.82) is 0 Å². The minimum atomic E-state index is 0.269. The van der Waals surface area contributed by atoms with Crippen LogP contribution in [0.25, 0.3) is 0 Å². The number of hydrogen-bond acceptors (Lipinski definition) is 3. The second kappa shape index (κ2) is 6.32. The highest BCUT2D eigenvalue weighted by Crippen LogP contribution is 2.03. The summed E-state index contributed by atoms with van der Waals surface area (Å²) in [4.78, 5) is 14.4. The van der Waals surface area contributed by atoms with E-state index < -0.39 is 0 Å². The van der Waals surface area contributed by atoms with Crippen LogP contribution in [0.15, 0.2) is 12.4 Å². The zero-order valence-electron chi connectivity index (χ0n) is 8.22. The maximum absolute atomic E-state index is 10.5. The van der Waals surface area contributed by atoms with Crippen LogP contribution in [-0.4, -0.2) is 27.6 Å². The fourth-order valence-electron chi connectivity index (χ4n) is 1.38. The van der Waals surface area contributed by atoms with Crippen LogP contribution < -0.4 is 0 Å². The third-order valence-corrected chi connectivity index (χ3v) is 2.16. The summed E-state index contributed by atoms with van der Waals surface area (Å²) in [6.07, 6.45) is 8.24. The molecule has 0 bridgehead atoms. The van der Waals surface area contributed by atoms with Crippen molar-refractivity contribution in [3.8, 4) is 0 Å². The van der Waals surface area contributed by atoms with Crippen LogP contribution in [0.1, 0.15) is 36.3 Å². The fourth-order valence-corrected chi connectivity index (χ4v) is 1.38. The van der Waals surface area contributed by atoms with Gasteiger partial charge in [-0.15, -0.1) is 0 Å².